The number of ether oxygens (including phenoxy) is 8. The summed E-state index contributed by atoms with van der Waals surface area (Å²) in [6.07, 6.45) is 2.20. The van der Waals surface area contributed by atoms with Gasteiger partial charge in [-0.15, -0.1) is 0 Å². The molecule has 0 unspecified atom stereocenters. The molecule has 2 aromatic carbocycles. The Balaban J connectivity index is 2.57. The highest BCUT2D eigenvalue weighted by Gasteiger charge is 2.35. The number of hydrogen-bond acceptors (Lipinski definition) is 10. The summed E-state index contributed by atoms with van der Waals surface area (Å²) < 4.78 is 46.4. The van der Waals surface area contributed by atoms with Crippen LogP contribution >= 0.6 is 0 Å². The van der Waals surface area contributed by atoms with E-state index in [-0.39, 0.29) is 26.4 Å². The highest BCUT2D eigenvalue weighted by Crippen LogP contribution is 2.51. The number of hydrogen-bond donors (Lipinski definition) is 0. The van der Waals surface area contributed by atoms with Crippen LogP contribution in [0.4, 0.5) is 0 Å². The van der Waals surface area contributed by atoms with Crippen molar-refractivity contribution in [3.63, 3.8) is 0 Å². The summed E-state index contributed by atoms with van der Waals surface area (Å²) in [6, 6.07) is 7.47. The molecule has 0 spiro atoms. The van der Waals surface area contributed by atoms with Gasteiger partial charge in [-0.05, 0) is 39.8 Å². The Morgan fingerprint density at radius 2 is 0.930 bits per heavy atom. The molecule has 0 saturated heterocycles. The summed E-state index contributed by atoms with van der Waals surface area (Å²) in [7, 11) is 0. The molecular formula is C33H44O10. The lowest BCUT2D eigenvalue weighted by molar-refractivity contribution is -0.139. The van der Waals surface area contributed by atoms with Gasteiger partial charge in [0, 0.05) is 28.7 Å². The second kappa shape index (κ2) is 17.6. The van der Waals surface area contributed by atoms with E-state index in [9.17, 15) is 9.59 Å². The minimum absolute atomic E-state index is 0.0522. The van der Waals surface area contributed by atoms with Crippen molar-refractivity contribution in [2.75, 3.05) is 52.9 Å². The fourth-order valence-electron chi connectivity index (χ4n) is 4.29. The zero-order valence-electron chi connectivity index (χ0n) is 26.1. The highest BCUT2D eigenvalue weighted by molar-refractivity contribution is 5.81. The van der Waals surface area contributed by atoms with E-state index in [1.807, 2.05) is 52.0 Å². The topological polar surface area (TPSA) is 108 Å². The monoisotopic (exact) mass is 600 g/mol. The smallest absolute Gasteiger partial charge is 0.330 e. The van der Waals surface area contributed by atoms with E-state index in [1.165, 1.54) is 0 Å². The van der Waals surface area contributed by atoms with Gasteiger partial charge in [-0.1, -0.05) is 39.1 Å². The van der Waals surface area contributed by atoms with Gasteiger partial charge in [0.1, 0.15) is 26.4 Å². The van der Waals surface area contributed by atoms with Crippen LogP contribution in [0.3, 0.4) is 0 Å². The largest absolute Gasteiger partial charge is 0.490 e. The molecule has 0 atom stereocenters. The van der Waals surface area contributed by atoms with Crippen LogP contribution in [0.25, 0.3) is 0 Å². The molecule has 0 bridgehead atoms. The van der Waals surface area contributed by atoms with Gasteiger partial charge in [-0.3, -0.25) is 0 Å². The van der Waals surface area contributed by atoms with Gasteiger partial charge in [0.15, 0.2) is 23.0 Å². The number of esters is 2. The molecule has 0 radical (unpaired) electrons. The predicted molar refractivity (Wildman–Crippen MR) is 163 cm³/mol. The van der Waals surface area contributed by atoms with Gasteiger partial charge in [-0.2, -0.15) is 0 Å². The fraction of sp³-hybridized carbons (Fsp3) is 0.455. The molecule has 0 fully saturated rings. The molecule has 0 amide bonds. The first-order chi connectivity index (χ1) is 20.7. The van der Waals surface area contributed by atoms with E-state index in [0.717, 1.165) is 23.3 Å². The average Bonchev–Trinajstić information content (AvgIpc) is 2.99. The lowest BCUT2D eigenvalue weighted by Gasteiger charge is -2.32. The van der Waals surface area contributed by atoms with Crippen molar-refractivity contribution < 1.29 is 47.5 Å². The molecule has 10 heteroatoms. The van der Waals surface area contributed by atoms with Gasteiger partial charge in [0.2, 0.25) is 11.5 Å². The molecule has 236 valence electrons. The normalized spacial score (nSPS) is 10.7. The molecule has 2 aromatic rings. The lowest BCUT2D eigenvalue weighted by Crippen LogP contribution is -2.23. The van der Waals surface area contributed by atoms with E-state index in [0.29, 0.717) is 60.9 Å². The molecule has 0 aromatic heterocycles. The Labute approximate surface area is 254 Å². The van der Waals surface area contributed by atoms with Crippen molar-refractivity contribution in [3.05, 3.63) is 60.7 Å². The third-order valence-electron chi connectivity index (χ3n) is 6.16. The van der Waals surface area contributed by atoms with E-state index in [2.05, 4.69) is 27.0 Å². The summed E-state index contributed by atoms with van der Waals surface area (Å²) in [5.41, 5.74) is 0.983. The summed E-state index contributed by atoms with van der Waals surface area (Å²) in [5, 5.41) is 0. The number of carbonyl (C=O) groups excluding carboxylic acids is 2. The molecule has 0 aliphatic carbocycles. The first-order valence-electron chi connectivity index (χ1n) is 14.4. The Bertz CT molecular complexity index is 1140. The van der Waals surface area contributed by atoms with Gasteiger partial charge in [-0.25, -0.2) is 9.59 Å². The first kappa shape index (κ1) is 34.9. The summed E-state index contributed by atoms with van der Waals surface area (Å²) in [4.78, 5) is 22.8. The molecule has 0 N–H and O–H groups in total. The van der Waals surface area contributed by atoms with E-state index < -0.39 is 17.4 Å². The van der Waals surface area contributed by atoms with E-state index >= 15 is 0 Å². The average molecular weight is 601 g/mol. The molecule has 0 aliphatic rings. The fourth-order valence-corrected chi connectivity index (χ4v) is 4.29. The van der Waals surface area contributed by atoms with Crippen molar-refractivity contribution in [1.82, 2.24) is 0 Å². The number of benzene rings is 2. The van der Waals surface area contributed by atoms with E-state index in [1.54, 1.807) is 0 Å². The molecular weight excluding hydrogens is 556 g/mol. The Kier molecular flexibility index (Phi) is 14.2. The van der Waals surface area contributed by atoms with Crippen LogP contribution in [0.15, 0.2) is 49.6 Å². The molecule has 43 heavy (non-hydrogen) atoms. The molecule has 10 nitrogen and oxygen atoms in total. The first-order valence-corrected chi connectivity index (χ1v) is 14.4. The maximum atomic E-state index is 11.4. The predicted octanol–water partition coefficient (Wildman–Crippen LogP) is 5.82. The van der Waals surface area contributed by atoms with Gasteiger partial charge in [0.05, 0.1) is 26.4 Å². The lowest BCUT2D eigenvalue weighted by atomic mass is 9.76. The van der Waals surface area contributed by atoms with Crippen molar-refractivity contribution in [2.24, 2.45) is 0 Å². The second-order valence-electron chi connectivity index (χ2n) is 9.34. The minimum Gasteiger partial charge on any atom is -0.490 e. The third-order valence-corrected chi connectivity index (χ3v) is 6.16. The van der Waals surface area contributed by atoms with Crippen LogP contribution in [-0.2, 0) is 24.5 Å². The highest BCUT2D eigenvalue weighted by atomic mass is 16.6. The van der Waals surface area contributed by atoms with Crippen LogP contribution in [0, 0.1) is 0 Å². The quantitative estimate of drug-likeness (QED) is 0.105. The second-order valence-corrected chi connectivity index (χ2v) is 9.34. The SMILES string of the molecule is C=CC(=O)OCCOc1ccc(C(C)(C)c2ccc(OCCOC(=O)C=C)c(OCC)c2OCC)c(OCC)c1OCC. The maximum absolute atomic E-state index is 11.4. The van der Waals surface area contributed by atoms with Crippen LogP contribution in [-0.4, -0.2) is 64.8 Å². The molecule has 0 saturated carbocycles. The van der Waals surface area contributed by atoms with Crippen molar-refractivity contribution >= 4 is 11.9 Å². The van der Waals surface area contributed by atoms with Crippen LogP contribution in [0.2, 0.25) is 0 Å². The number of carbonyl (C=O) groups is 2. The summed E-state index contributed by atoms with van der Waals surface area (Å²) >= 11 is 0. The zero-order chi connectivity index (χ0) is 31.8. The van der Waals surface area contributed by atoms with Crippen LogP contribution in [0.1, 0.15) is 52.7 Å². The molecule has 0 heterocycles. The molecule has 0 aliphatic heterocycles. The van der Waals surface area contributed by atoms with E-state index in [4.69, 9.17) is 37.9 Å². The zero-order valence-corrected chi connectivity index (χ0v) is 26.1. The Hall–Kier alpha value is -4.34. The minimum atomic E-state index is -0.678. The van der Waals surface area contributed by atoms with Gasteiger partial charge < -0.3 is 37.9 Å². The van der Waals surface area contributed by atoms with Crippen molar-refractivity contribution in [2.45, 2.75) is 47.0 Å². The standard InChI is InChI=1S/C33H44O10/c1-9-27(34)42-21-19-40-25-17-15-23(29(36-11-3)31(25)38-13-5)33(7,8)24-16-18-26(41-20-22-43-28(35)10-2)32(39-14-6)30(24)37-12-4/h9-10,15-18H,1-2,11-14,19-22H2,3-8H3. The summed E-state index contributed by atoms with van der Waals surface area (Å²) in [5.74, 6) is 1.82. The van der Waals surface area contributed by atoms with Crippen LogP contribution in [0.5, 0.6) is 34.5 Å². The van der Waals surface area contributed by atoms with Crippen molar-refractivity contribution in [3.8, 4) is 34.5 Å². The maximum Gasteiger partial charge on any atom is 0.330 e. The van der Waals surface area contributed by atoms with Gasteiger partial charge in [0.25, 0.3) is 0 Å². The Morgan fingerprint density at radius 1 is 0.581 bits per heavy atom. The number of rotatable bonds is 20. The Morgan fingerprint density at radius 3 is 1.26 bits per heavy atom. The van der Waals surface area contributed by atoms with Gasteiger partial charge >= 0.3 is 11.9 Å². The summed E-state index contributed by atoms with van der Waals surface area (Å²) in [6.45, 7) is 20.3. The van der Waals surface area contributed by atoms with Crippen LogP contribution < -0.4 is 28.4 Å². The third kappa shape index (κ3) is 9.33. The molecule has 2 rings (SSSR count). The van der Waals surface area contributed by atoms with Crippen molar-refractivity contribution in [1.29, 1.82) is 0 Å².